The molecule has 30 N–H and O–H groups in total. The van der Waals surface area contributed by atoms with E-state index in [-0.39, 0.29) is 182 Å². The predicted octanol–water partition coefficient (Wildman–Crippen LogP) is -14.9. The molecule has 0 amide bonds. The van der Waals surface area contributed by atoms with E-state index in [1.165, 1.54) is 0 Å². The third-order valence-electron chi connectivity index (χ3n) is 0. The Balaban J connectivity index is -0.000000000163. The van der Waals surface area contributed by atoms with Crippen LogP contribution < -0.4 is 18.9 Å². The molecule has 0 aromatic rings. The number of nitrogens with zero attached hydrogens (tertiary/aromatic N) is 1. The maximum atomic E-state index is 8.25. The van der Waals surface area contributed by atoms with Gasteiger partial charge in [0.25, 0.3) is 0 Å². The molecule has 0 unspecified atom stereocenters. The van der Waals surface area contributed by atoms with Gasteiger partial charge in [-0.2, -0.15) is 0 Å². The Morgan fingerprint density at radius 1 is 0.500 bits per heavy atom. The zero-order valence-corrected chi connectivity index (χ0v) is 17.8. The first kappa shape index (κ1) is 756. The van der Waals surface area contributed by atoms with Gasteiger partial charge < -0.3 is 103 Å². The fourth-order valence-electron chi connectivity index (χ4n) is 0. The van der Waals surface area contributed by atoms with E-state index in [0.29, 0.717) is 0 Å². The van der Waals surface area contributed by atoms with Gasteiger partial charge >= 0.3 is 65.0 Å². The van der Waals surface area contributed by atoms with Crippen molar-refractivity contribution in [2.24, 2.45) is 0 Å². The van der Waals surface area contributed by atoms with Crippen LogP contribution in [-0.2, 0) is 0 Å². The number of rotatable bonds is 0. The summed E-state index contributed by atoms with van der Waals surface area (Å²) in [5.74, 6) is 0. The van der Waals surface area contributed by atoms with Gasteiger partial charge in [0.1, 0.15) is 0 Å². The molecule has 0 atom stereocenters. The maximum absolute atomic E-state index is 8.25. The second kappa shape index (κ2) is 668. The molecule has 0 spiro atoms. The van der Waals surface area contributed by atoms with Crippen LogP contribution in [0.3, 0.4) is 0 Å². The molecule has 0 heterocycles. The molecule has 0 aromatic heterocycles. The Hall–Kier alpha value is 1.50. The summed E-state index contributed by atoms with van der Waals surface area (Å²) in [5, 5.41) is 14.8. The number of halogens is 2. The van der Waals surface area contributed by atoms with Crippen LogP contribution in [0.1, 0.15) is 5.71 Å². The number of hydrogen-bond acceptors (Lipinski definition) is 3. The summed E-state index contributed by atoms with van der Waals surface area (Å²) in [5.41, 5.74) is 0. The largest absolute Gasteiger partial charge is 2.00 e. The van der Waals surface area contributed by atoms with Gasteiger partial charge in [-0.15, -0.1) is 29.4 Å². The van der Waals surface area contributed by atoms with Crippen molar-refractivity contribution >= 4 is 75.5 Å². The van der Waals surface area contributed by atoms with Crippen LogP contribution in [0, 0.1) is 15.3 Å². The maximum Gasteiger partial charge on any atom is 2.00 e. The molecule has 168 valence electrons. The van der Waals surface area contributed by atoms with Gasteiger partial charge in [-0.25, -0.2) is 0 Å². The molecular formula is H36BrClLiMg2NO18. The van der Waals surface area contributed by atoms with Crippen LogP contribution in [0.2, 0.25) is 0 Å². The minimum Gasteiger partial charge on any atom is -1.00 e. The molecule has 0 saturated heterocycles. The van der Waals surface area contributed by atoms with Gasteiger partial charge in [0, 0.05) is 0 Å². The summed E-state index contributed by atoms with van der Waals surface area (Å²) in [6.07, 6.45) is 0. The van der Waals surface area contributed by atoms with Gasteiger partial charge in [-0.3, -0.25) is 0 Å². The van der Waals surface area contributed by atoms with E-state index in [1.54, 1.807) is 0 Å². The quantitative estimate of drug-likeness (QED) is 0.174. The summed E-state index contributed by atoms with van der Waals surface area (Å²) in [4.78, 5) is 8.25. The van der Waals surface area contributed by atoms with E-state index in [4.69, 9.17) is 15.3 Å². The molecule has 0 aliphatic rings. The van der Waals surface area contributed by atoms with Crippen molar-refractivity contribution in [2.45, 2.75) is 0 Å². The third kappa shape index (κ3) is 5290. The zero-order chi connectivity index (χ0) is 3.58. The van der Waals surface area contributed by atoms with Crippen molar-refractivity contribution in [1.82, 2.24) is 0 Å². The molecule has 0 aliphatic carbocycles. The second-order valence-electron chi connectivity index (χ2n) is 0.224. The molecule has 0 saturated carbocycles. The minimum atomic E-state index is -1.75. The van der Waals surface area contributed by atoms with Crippen LogP contribution in [0.4, 0.5) is 0 Å². The Morgan fingerprint density at radius 3 is 0.500 bits per heavy atom. The average molecular weight is 509 g/mol. The van der Waals surface area contributed by atoms with Crippen LogP contribution in [0.5, 0.6) is 0 Å². The first-order valence-electron chi connectivity index (χ1n) is 0.548. The van der Waals surface area contributed by atoms with Crippen LogP contribution >= 0.6 is 29.4 Å². The first-order valence-corrected chi connectivity index (χ1v) is 0.548. The smallest absolute Gasteiger partial charge is 1.00 e. The van der Waals surface area contributed by atoms with E-state index in [1.807, 2.05) is 0 Å². The summed E-state index contributed by atoms with van der Waals surface area (Å²) >= 11 is 0. The van der Waals surface area contributed by atoms with Crippen molar-refractivity contribution < 1.29 is 112 Å². The molecule has 24 heteroatoms. The molecule has 24 heavy (non-hydrogen) atoms. The molecule has 0 rings (SSSR count). The standard InChI is InChI=1S/BrH.ClH.Li.2Mg.NO3.15H2O.4H/c;;;;;2-1(3)4;;;;;;;;;;;;;;;;;;;/h2*1H;;;;;15*1H2;;;;/q;;+1;2*+2;-1;;;;;;;;;;;;;;;;4*-1. The van der Waals surface area contributed by atoms with Crippen LogP contribution in [0.25, 0.3) is 0 Å². The van der Waals surface area contributed by atoms with Crippen molar-refractivity contribution in [3.63, 3.8) is 0 Å². The monoisotopic (exact) mass is 507 g/mol. The summed E-state index contributed by atoms with van der Waals surface area (Å²) in [7, 11) is 0. The van der Waals surface area contributed by atoms with Gasteiger partial charge in [0.05, 0.1) is 5.09 Å². The van der Waals surface area contributed by atoms with E-state index in [9.17, 15) is 0 Å². The van der Waals surface area contributed by atoms with Crippen molar-refractivity contribution in [2.75, 3.05) is 0 Å². The van der Waals surface area contributed by atoms with E-state index in [0.717, 1.165) is 0 Å². The van der Waals surface area contributed by atoms with Crippen molar-refractivity contribution in [1.29, 1.82) is 0 Å². The molecule has 0 radical (unpaired) electrons. The van der Waals surface area contributed by atoms with Gasteiger partial charge in [0.15, 0.2) is 0 Å². The Kier molecular flexibility index (Phi) is 21000. The SMILES string of the molecule is Br.Cl.O.O.O.O.O.O.O.O.O.O.O.O.O.O.O.O=[N+]([O-])[O-].[H-].[H-].[H-].[H-].[Li+].[Mg+2].[Mg+2]. The molecule has 0 aromatic carbocycles. The fraction of sp³-hybridized carbons (Fsp3) is 0. The molecule has 0 bridgehead atoms. The zero-order valence-electron chi connectivity index (χ0n) is 16.4. The number of hydrogen-bond donors (Lipinski definition) is 0. The Bertz CT molecular complexity index is 72.6. The normalized spacial score (nSPS) is 1.00. The third-order valence-corrected chi connectivity index (χ3v) is 0. The second-order valence-corrected chi connectivity index (χ2v) is 0.224. The summed E-state index contributed by atoms with van der Waals surface area (Å²) in [6, 6.07) is 0. The average Bonchev–Trinajstić information content (AvgIpc) is 0.811. The molecular weight excluding hydrogens is 473 g/mol. The fourth-order valence-corrected chi connectivity index (χ4v) is 0. The van der Waals surface area contributed by atoms with Crippen molar-refractivity contribution in [3.05, 3.63) is 15.3 Å². The van der Waals surface area contributed by atoms with Gasteiger partial charge in [0.2, 0.25) is 0 Å². The summed E-state index contributed by atoms with van der Waals surface area (Å²) in [6.45, 7) is 0. The predicted molar refractivity (Wildman–Crippen MR) is 98.1 cm³/mol. The Morgan fingerprint density at radius 2 is 0.500 bits per heavy atom. The topological polar surface area (TPSA) is 539 Å². The van der Waals surface area contributed by atoms with E-state index < -0.39 is 5.09 Å². The van der Waals surface area contributed by atoms with Gasteiger partial charge in [-0.1, -0.05) is 0 Å². The molecule has 0 fully saturated rings. The molecule has 19 nitrogen and oxygen atoms in total. The minimum absolute atomic E-state index is 0. The van der Waals surface area contributed by atoms with E-state index >= 15 is 0 Å². The summed E-state index contributed by atoms with van der Waals surface area (Å²) < 4.78 is 0. The first-order chi connectivity index (χ1) is 1.73. The van der Waals surface area contributed by atoms with Crippen LogP contribution in [0.15, 0.2) is 0 Å². The molecule has 0 aliphatic heterocycles. The van der Waals surface area contributed by atoms with Crippen LogP contribution in [-0.4, -0.2) is 133 Å². The Labute approximate surface area is 201 Å². The van der Waals surface area contributed by atoms with E-state index in [2.05, 4.69) is 0 Å². The van der Waals surface area contributed by atoms with Crippen molar-refractivity contribution in [3.8, 4) is 0 Å². The van der Waals surface area contributed by atoms with Gasteiger partial charge in [-0.05, 0) is 0 Å².